The Balaban J connectivity index is 1.63. The summed E-state index contributed by atoms with van der Waals surface area (Å²) in [7, 11) is 0. The molecule has 2 aromatic carbocycles. The third-order valence-corrected chi connectivity index (χ3v) is 6.78. The van der Waals surface area contributed by atoms with E-state index in [9.17, 15) is 4.79 Å². The molecule has 0 fully saturated rings. The molecule has 170 valence electrons. The summed E-state index contributed by atoms with van der Waals surface area (Å²) in [5.41, 5.74) is 4.63. The second-order valence-electron chi connectivity index (χ2n) is 8.17. The minimum absolute atomic E-state index is 0.104. The molecule has 0 aliphatic heterocycles. The fraction of sp³-hybridized carbons (Fsp3) is 0.296. The average Bonchev–Trinajstić information content (AvgIpc) is 3.30. The lowest BCUT2D eigenvalue weighted by Gasteiger charge is -2.20. The van der Waals surface area contributed by atoms with Crippen molar-refractivity contribution >= 4 is 32.6 Å². The molecule has 0 bridgehead atoms. The van der Waals surface area contributed by atoms with Crippen LogP contribution in [-0.2, 0) is 6.54 Å². The van der Waals surface area contributed by atoms with Gasteiger partial charge in [0.2, 0.25) is 0 Å². The maximum atomic E-state index is 13.6. The number of carbonyl (C=O) groups is 1. The number of pyridine rings is 1. The number of unbranched alkanes of at least 4 members (excludes halogenated alkanes) is 2. The quantitative estimate of drug-likeness (QED) is 0.261. The van der Waals surface area contributed by atoms with Gasteiger partial charge in [0.1, 0.15) is 5.75 Å². The summed E-state index contributed by atoms with van der Waals surface area (Å²) in [4.78, 5) is 24.7. The van der Waals surface area contributed by atoms with Crippen LogP contribution in [0.5, 0.6) is 5.75 Å². The molecule has 1 amide bonds. The Kier molecular flexibility index (Phi) is 7.35. The predicted molar refractivity (Wildman–Crippen MR) is 135 cm³/mol. The van der Waals surface area contributed by atoms with Crippen molar-refractivity contribution in [3.63, 3.8) is 0 Å². The Morgan fingerprint density at radius 2 is 1.79 bits per heavy atom. The van der Waals surface area contributed by atoms with Crippen LogP contribution in [0.2, 0.25) is 0 Å². The van der Waals surface area contributed by atoms with Crippen LogP contribution in [0.25, 0.3) is 10.2 Å². The van der Waals surface area contributed by atoms with E-state index in [2.05, 4.69) is 37.9 Å². The van der Waals surface area contributed by atoms with Gasteiger partial charge in [0, 0.05) is 11.8 Å². The number of carbonyl (C=O) groups excluding carboxylic acids is 1. The Labute approximate surface area is 199 Å². The summed E-state index contributed by atoms with van der Waals surface area (Å²) >= 11 is 1.55. The van der Waals surface area contributed by atoms with Crippen molar-refractivity contribution in [3.05, 3.63) is 83.2 Å². The number of ether oxygens (including phenoxy) is 1. The molecule has 0 aliphatic carbocycles. The zero-order valence-corrected chi connectivity index (χ0v) is 20.2. The minimum Gasteiger partial charge on any atom is -0.494 e. The molecule has 0 saturated carbocycles. The van der Waals surface area contributed by atoms with Gasteiger partial charge in [0.15, 0.2) is 5.13 Å². The average molecular weight is 460 g/mol. The number of nitrogens with zero attached hydrogens (tertiary/aromatic N) is 3. The monoisotopic (exact) mass is 459 g/mol. The number of fused-ring (bicyclic) bond motifs is 1. The largest absolute Gasteiger partial charge is 0.494 e. The van der Waals surface area contributed by atoms with Gasteiger partial charge in [0.05, 0.1) is 29.1 Å². The van der Waals surface area contributed by atoms with Crippen molar-refractivity contribution in [2.45, 2.75) is 46.6 Å². The summed E-state index contributed by atoms with van der Waals surface area (Å²) in [6, 6.07) is 17.3. The van der Waals surface area contributed by atoms with Crippen molar-refractivity contribution in [2.24, 2.45) is 0 Å². The lowest BCUT2D eigenvalue weighted by Crippen LogP contribution is -2.30. The van der Waals surface area contributed by atoms with Gasteiger partial charge in [-0.2, -0.15) is 0 Å². The molecule has 0 spiro atoms. The summed E-state index contributed by atoms with van der Waals surface area (Å²) in [5, 5.41) is 0.679. The molecule has 4 rings (SSSR count). The van der Waals surface area contributed by atoms with E-state index in [-0.39, 0.29) is 5.91 Å². The van der Waals surface area contributed by atoms with Crippen molar-refractivity contribution in [2.75, 3.05) is 11.5 Å². The fourth-order valence-corrected chi connectivity index (χ4v) is 4.74. The highest BCUT2D eigenvalue weighted by Crippen LogP contribution is 2.34. The highest BCUT2D eigenvalue weighted by atomic mass is 32.1. The minimum atomic E-state index is -0.104. The van der Waals surface area contributed by atoms with E-state index >= 15 is 0 Å². The molecule has 33 heavy (non-hydrogen) atoms. The standard InChI is InChI=1S/C27H29N3O2S/c1-4-5-8-17-32-23-14-12-21(13-15-23)26(31)30(18-22-9-6-7-16-28-22)27-29-24-19(2)10-11-20(3)25(24)33-27/h6-7,9-16H,4-5,8,17-18H2,1-3H3. The first kappa shape index (κ1) is 22.9. The first-order chi connectivity index (χ1) is 16.1. The third-order valence-electron chi connectivity index (χ3n) is 5.57. The van der Waals surface area contributed by atoms with E-state index in [0.29, 0.717) is 23.8 Å². The topological polar surface area (TPSA) is 55.3 Å². The van der Waals surface area contributed by atoms with Crippen LogP contribution >= 0.6 is 11.3 Å². The highest BCUT2D eigenvalue weighted by Gasteiger charge is 2.23. The molecule has 0 atom stereocenters. The molecule has 2 heterocycles. The Bertz CT molecular complexity index is 1180. The number of aryl methyl sites for hydroxylation is 2. The second-order valence-corrected chi connectivity index (χ2v) is 9.14. The Hall–Kier alpha value is -3.25. The van der Waals surface area contributed by atoms with Crippen LogP contribution in [0.15, 0.2) is 60.8 Å². The summed E-state index contributed by atoms with van der Waals surface area (Å²) in [6.45, 7) is 7.35. The molecule has 6 heteroatoms. The number of aromatic nitrogens is 2. The van der Waals surface area contributed by atoms with E-state index < -0.39 is 0 Å². The van der Waals surface area contributed by atoms with Crippen LogP contribution in [-0.4, -0.2) is 22.5 Å². The normalized spacial score (nSPS) is 11.0. The molecule has 0 saturated heterocycles. The van der Waals surface area contributed by atoms with Gasteiger partial charge in [-0.25, -0.2) is 4.98 Å². The second kappa shape index (κ2) is 10.6. The number of hydrogen-bond acceptors (Lipinski definition) is 5. The van der Waals surface area contributed by atoms with Gasteiger partial charge >= 0.3 is 0 Å². The van der Waals surface area contributed by atoms with Crippen molar-refractivity contribution < 1.29 is 9.53 Å². The van der Waals surface area contributed by atoms with E-state index in [0.717, 1.165) is 52.0 Å². The van der Waals surface area contributed by atoms with Crippen LogP contribution in [0, 0.1) is 13.8 Å². The number of amides is 1. The highest BCUT2D eigenvalue weighted by molar-refractivity contribution is 7.22. The van der Waals surface area contributed by atoms with Gasteiger partial charge in [-0.1, -0.05) is 49.3 Å². The molecule has 0 radical (unpaired) electrons. The Morgan fingerprint density at radius 3 is 2.48 bits per heavy atom. The third kappa shape index (κ3) is 5.40. The van der Waals surface area contributed by atoms with Gasteiger partial charge in [-0.15, -0.1) is 0 Å². The van der Waals surface area contributed by atoms with E-state index in [1.54, 1.807) is 22.4 Å². The van der Waals surface area contributed by atoms with Gasteiger partial charge < -0.3 is 4.74 Å². The maximum Gasteiger partial charge on any atom is 0.260 e. The smallest absolute Gasteiger partial charge is 0.260 e. The number of hydrogen-bond donors (Lipinski definition) is 0. The molecular weight excluding hydrogens is 430 g/mol. The zero-order chi connectivity index (χ0) is 23.2. The van der Waals surface area contributed by atoms with E-state index in [4.69, 9.17) is 9.72 Å². The molecule has 2 aromatic heterocycles. The Morgan fingerprint density at radius 1 is 1.00 bits per heavy atom. The lowest BCUT2D eigenvalue weighted by molar-refractivity contribution is 0.0984. The SMILES string of the molecule is CCCCCOc1ccc(C(=O)N(Cc2ccccn2)c2nc3c(C)ccc(C)c3s2)cc1. The van der Waals surface area contributed by atoms with E-state index in [1.807, 2.05) is 42.5 Å². The first-order valence-electron chi connectivity index (χ1n) is 11.4. The van der Waals surface area contributed by atoms with Gasteiger partial charge in [-0.05, 0) is 67.8 Å². The fourth-order valence-electron chi connectivity index (χ4n) is 3.64. The van der Waals surface area contributed by atoms with Crippen LogP contribution < -0.4 is 9.64 Å². The predicted octanol–water partition coefficient (Wildman–Crippen LogP) is 6.72. The summed E-state index contributed by atoms with van der Waals surface area (Å²) < 4.78 is 6.92. The summed E-state index contributed by atoms with van der Waals surface area (Å²) in [6.07, 6.45) is 5.09. The maximum absolute atomic E-state index is 13.6. The lowest BCUT2D eigenvalue weighted by atomic mass is 10.1. The molecule has 5 nitrogen and oxygen atoms in total. The van der Waals surface area contributed by atoms with E-state index in [1.165, 1.54) is 0 Å². The van der Waals surface area contributed by atoms with Gasteiger partial charge in [-0.3, -0.25) is 14.7 Å². The van der Waals surface area contributed by atoms with Crippen molar-refractivity contribution in [1.29, 1.82) is 0 Å². The van der Waals surface area contributed by atoms with Crippen molar-refractivity contribution in [1.82, 2.24) is 9.97 Å². The van der Waals surface area contributed by atoms with Crippen LogP contribution in [0.3, 0.4) is 0 Å². The number of anilines is 1. The number of rotatable bonds is 9. The van der Waals surface area contributed by atoms with Gasteiger partial charge in [0.25, 0.3) is 5.91 Å². The molecule has 4 aromatic rings. The molecule has 0 N–H and O–H groups in total. The van der Waals surface area contributed by atoms with Crippen LogP contribution in [0.4, 0.5) is 5.13 Å². The zero-order valence-electron chi connectivity index (χ0n) is 19.4. The number of thiazole rings is 1. The first-order valence-corrected chi connectivity index (χ1v) is 12.2. The number of benzene rings is 2. The molecule has 0 unspecified atom stereocenters. The molecule has 0 aliphatic rings. The van der Waals surface area contributed by atoms with Crippen LogP contribution in [0.1, 0.15) is 53.4 Å². The van der Waals surface area contributed by atoms with Crippen molar-refractivity contribution in [3.8, 4) is 5.75 Å². The molecular formula is C27H29N3O2S. The summed E-state index contributed by atoms with van der Waals surface area (Å²) in [5.74, 6) is 0.678.